The molecule has 2 amide bonds. The molecule has 0 aromatic carbocycles. The second-order valence-electron chi connectivity index (χ2n) is 8.47. The molecule has 0 aromatic heterocycles. The summed E-state index contributed by atoms with van der Waals surface area (Å²) in [5.74, 6) is -0.950. The maximum absolute atomic E-state index is 12.6. The van der Waals surface area contributed by atoms with Crippen LogP contribution in [0.4, 0.5) is 13.2 Å². The molecule has 190 valence electrons. The van der Waals surface area contributed by atoms with Gasteiger partial charge in [-0.1, -0.05) is 6.08 Å². The number of likely N-dealkylation sites (tertiary alicyclic amines) is 1. The largest absolute Gasteiger partial charge is 0.573 e. The van der Waals surface area contributed by atoms with Crippen LogP contribution in [0.5, 0.6) is 0 Å². The average molecular weight is 495 g/mol. The van der Waals surface area contributed by atoms with E-state index >= 15 is 0 Å². The van der Waals surface area contributed by atoms with E-state index in [1.807, 2.05) is 0 Å². The Morgan fingerprint density at radius 1 is 1.26 bits per heavy atom. The van der Waals surface area contributed by atoms with Gasteiger partial charge in [-0.05, 0) is 43.2 Å². The van der Waals surface area contributed by atoms with Gasteiger partial charge in [-0.3, -0.25) is 9.59 Å². The zero-order valence-corrected chi connectivity index (χ0v) is 19.6. The Balaban J connectivity index is 1.45. The van der Waals surface area contributed by atoms with Crippen molar-refractivity contribution in [3.63, 3.8) is 0 Å². The maximum atomic E-state index is 12.6. The lowest BCUT2D eigenvalue weighted by Crippen LogP contribution is -2.54. The Hall–Kier alpha value is -3.34. The first-order valence-electron chi connectivity index (χ1n) is 11.2. The number of amides is 2. The highest BCUT2D eigenvalue weighted by Gasteiger charge is 2.35. The van der Waals surface area contributed by atoms with Crippen molar-refractivity contribution in [2.45, 2.75) is 19.7 Å². The van der Waals surface area contributed by atoms with Crippen LogP contribution < -0.4 is 10.6 Å². The summed E-state index contributed by atoms with van der Waals surface area (Å²) in [5, 5.41) is 14.1. The van der Waals surface area contributed by atoms with Crippen LogP contribution in [-0.4, -0.2) is 68.7 Å². The molecule has 35 heavy (non-hydrogen) atoms. The summed E-state index contributed by atoms with van der Waals surface area (Å²) < 4.78 is 45.7. The fourth-order valence-electron chi connectivity index (χ4n) is 3.96. The van der Waals surface area contributed by atoms with Crippen LogP contribution in [0.15, 0.2) is 59.1 Å². The van der Waals surface area contributed by atoms with Crippen molar-refractivity contribution in [1.29, 1.82) is 5.41 Å². The van der Waals surface area contributed by atoms with Crippen molar-refractivity contribution in [3.05, 3.63) is 59.1 Å². The van der Waals surface area contributed by atoms with Gasteiger partial charge in [0.25, 0.3) is 5.91 Å². The number of carbonyl (C=O) groups excluding carboxylic acids is 2. The van der Waals surface area contributed by atoms with E-state index < -0.39 is 12.3 Å². The van der Waals surface area contributed by atoms with Gasteiger partial charge in [0.05, 0.1) is 18.2 Å². The second kappa shape index (κ2) is 11.4. The van der Waals surface area contributed by atoms with Crippen LogP contribution in [0.2, 0.25) is 0 Å². The Bertz CT molecular complexity index is 1000. The zero-order chi connectivity index (χ0) is 25.6. The average Bonchev–Trinajstić information content (AvgIpc) is 2.76. The molecule has 11 heteroatoms. The minimum Gasteiger partial charge on any atom is -0.406 e. The van der Waals surface area contributed by atoms with E-state index in [1.165, 1.54) is 18.2 Å². The number of carbonyl (C=O) groups is 2. The Morgan fingerprint density at radius 3 is 2.63 bits per heavy atom. The first kappa shape index (κ1) is 26.3. The van der Waals surface area contributed by atoms with E-state index in [0.717, 1.165) is 0 Å². The third-order valence-electron chi connectivity index (χ3n) is 5.89. The number of alkyl halides is 3. The van der Waals surface area contributed by atoms with E-state index in [-0.39, 0.29) is 29.9 Å². The lowest BCUT2D eigenvalue weighted by Gasteiger charge is -2.41. The van der Waals surface area contributed by atoms with Gasteiger partial charge in [-0.25, -0.2) is 0 Å². The molecule has 1 aliphatic heterocycles. The van der Waals surface area contributed by atoms with Crippen LogP contribution in [0.3, 0.4) is 0 Å². The normalized spacial score (nSPS) is 21.7. The van der Waals surface area contributed by atoms with E-state index in [9.17, 15) is 22.8 Å². The molecule has 0 radical (unpaired) electrons. The zero-order valence-electron chi connectivity index (χ0n) is 19.6. The quantitative estimate of drug-likeness (QED) is 0.428. The molecule has 3 rings (SSSR count). The Labute approximate surface area is 201 Å². The summed E-state index contributed by atoms with van der Waals surface area (Å²) in [6.07, 6.45) is 4.22. The molecule has 1 atom stereocenters. The van der Waals surface area contributed by atoms with Gasteiger partial charge < -0.3 is 30.4 Å². The molecule has 1 unspecified atom stereocenters. The monoisotopic (exact) mass is 494 g/mol. The third-order valence-corrected chi connectivity index (χ3v) is 5.89. The van der Waals surface area contributed by atoms with Gasteiger partial charge in [-0.2, -0.15) is 0 Å². The number of nitrogens with zero attached hydrogens (tertiary/aromatic N) is 1. The summed E-state index contributed by atoms with van der Waals surface area (Å²) in [6.45, 7) is 4.24. The maximum Gasteiger partial charge on any atom is 0.573 e. The molecule has 1 fully saturated rings. The van der Waals surface area contributed by atoms with Gasteiger partial charge in [0.15, 0.2) is 0 Å². The highest BCUT2D eigenvalue weighted by molar-refractivity contribution is 6.14. The highest BCUT2D eigenvalue weighted by atomic mass is 19.4. The number of ether oxygens (including phenoxy) is 2. The molecule has 0 bridgehead atoms. The molecule has 3 N–H and O–H groups in total. The predicted molar refractivity (Wildman–Crippen MR) is 123 cm³/mol. The lowest BCUT2D eigenvalue weighted by molar-refractivity contribution is -0.303. The van der Waals surface area contributed by atoms with Gasteiger partial charge in [0.2, 0.25) is 5.91 Å². The molecule has 1 saturated heterocycles. The molecular formula is C24H29F3N4O4. The SMILES string of the molecule is COCCNC(=O)C1=C(C)/C(=C/NCC2CN(C(=O)C3C=CC(OC(F)(F)F)=CC3)C2)C(=N)C=C1. The summed E-state index contributed by atoms with van der Waals surface area (Å²) in [6, 6.07) is 0. The fourth-order valence-corrected chi connectivity index (χ4v) is 3.96. The molecule has 0 spiro atoms. The van der Waals surface area contributed by atoms with Gasteiger partial charge in [0, 0.05) is 56.6 Å². The second-order valence-corrected chi connectivity index (χ2v) is 8.47. The van der Waals surface area contributed by atoms with E-state index in [1.54, 1.807) is 37.3 Å². The van der Waals surface area contributed by atoms with E-state index in [0.29, 0.717) is 55.2 Å². The Morgan fingerprint density at radius 2 is 2.00 bits per heavy atom. The van der Waals surface area contributed by atoms with Crippen molar-refractivity contribution in [2.24, 2.45) is 11.8 Å². The number of rotatable bonds is 9. The molecule has 2 aliphatic carbocycles. The van der Waals surface area contributed by atoms with Crippen molar-refractivity contribution < 1.29 is 32.2 Å². The third kappa shape index (κ3) is 7.08. The minimum absolute atomic E-state index is 0.125. The first-order chi connectivity index (χ1) is 16.6. The number of halogens is 3. The van der Waals surface area contributed by atoms with Crippen molar-refractivity contribution in [3.8, 4) is 0 Å². The number of nitrogens with one attached hydrogen (secondary N) is 3. The summed E-state index contributed by atoms with van der Waals surface area (Å²) in [4.78, 5) is 26.6. The topological polar surface area (TPSA) is 104 Å². The smallest absolute Gasteiger partial charge is 0.406 e. The minimum atomic E-state index is -4.75. The molecule has 8 nitrogen and oxygen atoms in total. The van der Waals surface area contributed by atoms with Crippen LogP contribution in [0.25, 0.3) is 0 Å². The number of hydrogen-bond acceptors (Lipinski definition) is 6. The molecular weight excluding hydrogens is 465 g/mol. The van der Waals surface area contributed by atoms with E-state index in [2.05, 4.69) is 15.4 Å². The predicted octanol–water partition coefficient (Wildman–Crippen LogP) is 2.58. The van der Waals surface area contributed by atoms with Crippen LogP contribution in [-0.2, 0) is 19.1 Å². The number of allylic oxidation sites excluding steroid dienone is 5. The number of hydrogen-bond donors (Lipinski definition) is 3. The molecule has 3 aliphatic rings. The van der Waals surface area contributed by atoms with Crippen molar-refractivity contribution in [1.82, 2.24) is 15.5 Å². The first-order valence-corrected chi connectivity index (χ1v) is 11.2. The van der Waals surface area contributed by atoms with Gasteiger partial charge in [-0.15, -0.1) is 13.2 Å². The summed E-state index contributed by atoms with van der Waals surface area (Å²) in [7, 11) is 1.55. The standard InChI is InChI=1S/C24H29F3N4O4/c1-15-19(22(32)30-9-10-34-2)7-8-21(28)20(15)12-29-11-16-13-31(14-16)23(33)17-3-5-18(6-4-17)35-24(25,26)27/h3,5-8,12,16-17,28-29H,4,9-11,13-14H2,1-2H3,(H,30,32)/b20-12-,28-21?. The van der Waals surface area contributed by atoms with Gasteiger partial charge >= 0.3 is 6.36 Å². The lowest BCUT2D eigenvalue weighted by atomic mass is 9.91. The molecule has 0 aromatic rings. The van der Waals surface area contributed by atoms with Gasteiger partial charge in [0.1, 0.15) is 5.76 Å². The van der Waals surface area contributed by atoms with Crippen LogP contribution >= 0.6 is 0 Å². The van der Waals surface area contributed by atoms with Crippen molar-refractivity contribution in [2.75, 3.05) is 39.9 Å². The molecule has 1 heterocycles. The van der Waals surface area contributed by atoms with Crippen LogP contribution in [0, 0.1) is 17.2 Å². The van der Waals surface area contributed by atoms with E-state index in [4.69, 9.17) is 10.1 Å². The highest BCUT2D eigenvalue weighted by Crippen LogP contribution is 2.28. The summed E-state index contributed by atoms with van der Waals surface area (Å²) in [5.41, 5.74) is 2.09. The summed E-state index contributed by atoms with van der Waals surface area (Å²) >= 11 is 0. The number of methoxy groups -OCH3 is 1. The van der Waals surface area contributed by atoms with Crippen molar-refractivity contribution >= 4 is 17.5 Å². The Kier molecular flexibility index (Phi) is 8.55. The van der Waals surface area contributed by atoms with Crippen LogP contribution in [0.1, 0.15) is 13.3 Å². The fraction of sp³-hybridized carbons (Fsp3) is 0.458. The molecule has 0 saturated carbocycles.